The van der Waals surface area contributed by atoms with Crippen LogP contribution in [0, 0.1) is 0 Å². The van der Waals surface area contributed by atoms with Crippen LogP contribution in [0.1, 0.15) is 12.8 Å². The fraction of sp³-hybridized carbons (Fsp3) is 0.545. The molecular formula is C11H16N4OS. The Morgan fingerprint density at radius 3 is 2.88 bits per heavy atom. The number of nitrogens with zero attached hydrogens (tertiary/aromatic N) is 1. The number of rotatable bonds is 0. The molecule has 0 unspecified atom stereocenters. The Hall–Kier alpha value is -1.30. The summed E-state index contributed by atoms with van der Waals surface area (Å²) in [6.07, 6.45) is 3.66. The molecule has 1 aromatic heterocycles. The van der Waals surface area contributed by atoms with E-state index in [1.807, 2.05) is 25.0 Å². The van der Waals surface area contributed by atoms with Crippen LogP contribution in [0.15, 0.2) is 6.20 Å². The van der Waals surface area contributed by atoms with Crippen molar-refractivity contribution < 1.29 is 4.79 Å². The van der Waals surface area contributed by atoms with Gasteiger partial charge in [-0.15, -0.1) is 0 Å². The summed E-state index contributed by atoms with van der Waals surface area (Å²) in [7, 11) is 1.99. The van der Waals surface area contributed by atoms with Crippen LogP contribution in [0.2, 0.25) is 0 Å². The lowest BCUT2D eigenvalue weighted by Crippen LogP contribution is -2.60. The predicted molar refractivity (Wildman–Crippen MR) is 71.5 cm³/mol. The molecule has 0 aromatic carbocycles. The van der Waals surface area contributed by atoms with E-state index in [1.54, 1.807) is 0 Å². The number of nitrogens with two attached hydrogens (primary N) is 1. The van der Waals surface area contributed by atoms with Crippen LogP contribution in [0.3, 0.4) is 0 Å². The second-order valence-electron chi connectivity index (χ2n) is 4.62. The van der Waals surface area contributed by atoms with Crippen molar-refractivity contribution in [2.45, 2.75) is 18.4 Å². The number of aromatic nitrogens is 1. The molecule has 4 N–H and O–H groups in total. The third-order valence-corrected chi connectivity index (χ3v) is 4.86. The number of amides is 1. The summed E-state index contributed by atoms with van der Waals surface area (Å²) in [6.45, 7) is 0. The first-order chi connectivity index (χ1) is 8.15. The lowest BCUT2D eigenvalue weighted by molar-refractivity contribution is -0.121. The molecule has 17 heavy (non-hydrogen) atoms. The second-order valence-corrected chi connectivity index (χ2v) is 5.84. The molecule has 0 aliphatic carbocycles. The molecule has 0 bridgehead atoms. The SMILES string of the molecule is CN1c2c[nH]c(N)c2NC(=O)C12CCSCC2. The van der Waals surface area contributed by atoms with E-state index < -0.39 is 0 Å². The minimum atomic E-state index is -0.382. The highest BCUT2D eigenvalue weighted by Crippen LogP contribution is 2.44. The molecule has 1 spiro atoms. The monoisotopic (exact) mass is 252 g/mol. The van der Waals surface area contributed by atoms with Crippen molar-refractivity contribution in [2.75, 3.05) is 34.5 Å². The van der Waals surface area contributed by atoms with Gasteiger partial charge in [-0.1, -0.05) is 0 Å². The quantitative estimate of drug-likeness (QED) is 0.649. The predicted octanol–water partition coefficient (Wildman–Crippen LogP) is 1.25. The van der Waals surface area contributed by atoms with E-state index in [-0.39, 0.29) is 11.4 Å². The van der Waals surface area contributed by atoms with Crippen LogP contribution in [-0.4, -0.2) is 35.0 Å². The van der Waals surface area contributed by atoms with E-state index in [1.165, 1.54) is 0 Å². The third kappa shape index (κ3) is 1.36. The van der Waals surface area contributed by atoms with E-state index in [9.17, 15) is 4.79 Å². The number of hydrogen-bond donors (Lipinski definition) is 3. The molecule has 0 atom stereocenters. The van der Waals surface area contributed by atoms with Crippen molar-refractivity contribution >= 4 is 34.9 Å². The third-order valence-electron chi connectivity index (χ3n) is 3.87. The average molecular weight is 252 g/mol. The van der Waals surface area contributed by atoms with Gasteiger partial charge in [0.25, 0.3) is 0 Å². The van der Waals surface area contributed by atoms with Crippen molar-refractivity contribution in [3.63, 3.8) is 0 Å². The number of likely N-dealkylation sites (N-methyl/N-ethyl adjacent to an activating group) is 1. The van der Waals surface area contributed by atoms with Crippen molar-refractivity contribution in [2.24, 2.45) is 0 Å². The first-order valence-electron chi connectivity index (χ1n) is 5.75. The van der Waals surface area contributed by atoms with Gasteiger partial charge in [0.2, 0.25) is 5.91 Å². The van der Waals surface area contributed by atoms with Gasteiger partial charge in [0.1, 0.15) is 17.0 Å². The molecule has 6 heteroatoms. The second kappa shape index (κ2) is 3.60. The number of carbonyl (C=O) groups excluding carboxylic acids is 1. The first-order valence-corrected chi connectivity index (χ1v) is 6.90. The zero-order chi connectivity index (χ0) is 12.0. The molecule has 2 aliphatic heterocycles. The Bertz CT molecular complexity index is 464. The van der Waals surface area contributed by atoms with E-state index in [0.29, 0.717) is 5.82 Å². The summed E-state index contributed by atoms with van der Waals surface area (Å²) in [5.74, 6) is 2.68. The largest absolute Gasteiger partial charge is 0.383 e. The van der Waals surface area contributed by atoms with Crippen LogP contribution in [0.25, 0.3) is 0 Å². The standard InChI is InChI=1S/C11H16N4OS/c1-15-7-6-13-9(12)8(7)14-10(16)11(15)2-4-17-5-3-11/h6,13H,2-5,12H2,1H3,(H,14,16). The van der Waals surface area contributed by atoms with Crippen LogP contribution >= 0.6 is 11.8 Å². The topological polar surface area (TPSA) is 74.2 Å². The number of aromatic amines is 1. The fourth-order valence-corrected chi connectivity index (χ4v) is 3.88. The Morgan fingerprint density at radius 1 is 1.47 bits per heavy atom. The minimum absolute atomic E-state index is 0.0825. The summed E-state index contributed by atoms with van der Waals surface area (Å²) in [4.78, 5) is 17.4. The van der Waals surface area contributed by atoms with Crippen molar-refractivity contribution in [1.29, 1.82) is 0 Å². The van der Waals surface area contributed by atoms with Gasteiger partial charge in [-0.05, 0) is 24.3 Å². The van der Waals surface area contributed by atoms with Crippen molar-refractivity contribution in [3.05, 3.63) is 6.20 Å². The zero-order valence-electron chi connectivity index (χ0n) is 9.75. The summed E-state index contributed by atoms with van der Waals surface area (Å²) < 4.78 is 0. The minimum Gasteiger partial charge on any atom is -0.383 e. The van der Waals surface area contributed by atoms with E-state index >= 15 is 0 Å². The number of H-pyrrole nitrogens is 1. The summed E-state index contributed by atoms with van der Waals surface area (Å²) in [6, 6.07) is 0. The normalized spacial score (nSPS) is 22.4. The maximum Gasteiger partial charge on any atom is 0.250 e. The number of carbonyl (C=O) groups is 1. The molecule has 1 aromatic rings. The number of nitrogen functional groups attached to an aromatic ring is 1. The summed E-state index contributed by atoms with van der Waals surface area (Å²) >= 11 is 1.91. The Morgan fingerprint density at radius 2 is 2.18 bits per heavy atom. The average Bonchev–Trinajstić information content (AvgIpc) is 2.70. The molecule has 3 heterocycles. The van der Waals surface area contributed by atoms with Crippen LogP contribution in [0.5, 0.6) is 0 Å². The van der Waals surface area contributed by atoms with E-state index in [4.69, 9.17) is 5.73 Å². The Labute approximate surface area is 104 Å². The van der Waals surface area contributed by atoms with Gasteiger partial charge in [-0.2, -0.15) is 11.8 Å². The highest BCUT2D eigenvalue weighted by atomic mass is 32.2. The van der Waals surface area contributed by atoms with Gasteiger partial charge in [0.15, 0.2) is 0 Å². The molecule has 0 radical (unpaired) electrons. The maximum atomic E-state index is 12.4. The van der Waals surface area contributed by atoms with E-state index in [0.717, 1.165) is 35.7 Å². The lowest BCUT2D eigenvalue weighted by Gasteiger charge is -2.46. The smallest absolute Gasteiger partial charge is 0.250 e. The highest BCUT2D eigenvalue weighted by molar-refractivity contribution is 7.99. The molecule has 1 fully saturated rings. The van der Waals surface area contributed by atoms with Gasteiger partial charge in [0, 0.05) is 13.2 Å². The first kappa shape index (κ1) is 10.8. The van der Waals surface area contributed by atoms with Gasteiger partial charge < -0.3 is 20.9 Å². The number of anilines is 3. The molecule has 92 valence electrons. The van der Waals surface area contributed by atoms with Gasteiger partial charge in [0.05, 0.1) is 5.69 Å². The van der Waals surface area contributed by atoms with Gasteiger partial charge >= 0.3 is 0 Å². The molecule has 2 aliphatic rings. The number of fused-ring (bicyclic) bond motifs is 1. The fourth-order valence-electron chi connectivity index (χ4n) is 2.71. The molecule has 1 amide bonds. The molecule has 5 nitrogen and oxygen atoms in total. The number of hydrogen-bond acceptors (Lipinski definition) is 4. The molecule has 3 rings (SSSR count). The van der Waals surface area contributed by atoms with Gasteiger partial charge in [-0.25, -0.2) is 0 Å². The maximum absolute atomic E-state index is 12.4. The Balaban J connectivity index is 2.06. The van der Waals surface area contributed by atoms with Gasteiger partial charge in [-0.3, -0.25) is 4.79 Å². The molecule has 0 saturated carbocycles. The number of nitrogens with one attached hydrogen (secondary N) is 2. The van der Waals surface area contributed by atoms with Crippen molar-refractivity contribution in [1.82, 2.24) is 4.98 Å². The summed E-state index contributed by atoms with van der Waals surface area (Å²) in [5, 5.41) is 2.95. The van der Waals surface area contributed by atoms with Crippen LogP contribution in [-0.2, 0) is 4.79 Å². The van der Waals surface area contributed by atoms with Crippen LogP contribution < -0.4 is 16.0 Å². The lowest BCUT2D eigenvalue weighted by atomic mass is 9.87. The molecule has 1 saturated heterocycles. The van der Waals surface area contributed by atoms with Crippen molar-refractivity contribution in [3.8, 4) is 0 Å². The highest BCUT2D eigenvalue weighted by Gasteiger charge is 2.47. The number of thioether (sulfide) groups is 1. The van der Waals surface area contributed by atoms with Crippen LogP contribution in [0.4, 0.5) is 17.2 Å². The zero-order valence-corrected chi connectivity index (χ0v) is 10.6. The summed E-state index contributed by atoms with van der Waals surface area (Å²) in [5.41, 5.74) is 7.14. The molecular weight excluding hydrogens is 236 g/mol. The Kier molecular flexibility index (Phi) is 2.29. The van der Waals surface area contributed by atoms with E-state index in [2.05, 4.69) is 15.2 Å².